The molecule has 2 aromatic rings. The predicted octanol–water partition coefficient (Wildman–Crippen LogP) is 11.1. The van der Waals surface area contributed by atoms with Crippen LogP contribution in [0.4, 0.5) is 11.4 Å². The lowest BCUT2D eigenvalue weighted by Gasteiger charge is -2.11. The van der Waals surface area contributed by atoms with Gasteiger partial charge in [-0.15, -0.1) is 0 Å². The van der Waals surface area contributed by atoms with E-state index in [1.165, 1.54) is 112 Å². The van der Waals surface area contributed by atoms with Gasteiger partial charge < -0.3 is 0 Å². The summed E-state index contributed by atoms with van der Waals surface area (Å²) in [5.74, 6) is 0. The van der Waals surface area contributed by atoms with Gasteiger partial charge >= 0.3 is 0 Å². The summed E-state index contributed by atoms with van der Waals surface area (Å²) in [6, 6.07) is 13.7. The van der Waals surface area contributed by atoms with Gasteiger partial charge in [-0.25, -0.2) is 0 Å². The summed E-state index contributed by atoms with van der Waals surface area (Å²) in [7, 11) is 0. The van der Waals surface area contributed by atoms with E-state index in [-0.39, 0.29) is 0 Å². The summed E-state index contributed by atoms with van der Waals surface area (Å²) in [6.07, 6.45) is 22.0. The van der Waals surface area contributed by atoms with E-state index in [0.29, 0.717) is 0 Å². The molecule has 0 bridgehead atoms. The van der Waals surface area contributed by atoms with Crippen molar-refractivity contribution >= 4 is 23.3 Å². The van der Waals surface area contributed by atoms with E-state index in [1.54, 1.807) is 0 Å². The molecule has 0 amide bonds. The van der Waals surface area contributed by atoms with Gasteiger partial charge in [0.2, 0.25) is 0 Å². The minimum Gasteiger partial charge on any atom is -0.255 e. The average Bonchev–Trinajstić information content (AvgIpc) is 2.90. The molecular weight excluding hydrogens is 448 g/mol. The largest absolute Gasteiger partial charge is 0.255 e. The van der Waals surface area contributed by atoms with Crippen molar-refractivity contribution in [2.45, 2.75) is 137 Å². The van der Waals surface area contributed by atoms with Gasteiger partial charge in [-0.3, -0.25) is 9.98 Å². The lowest BCUT2D eigenvalue weighted by atomic mass is 9.96. The number of unbranched alkanes of at least 4 members (excludes halogenated alkanes) is 8. The van der Waals surface area contributed by atoms with Crippen molar-refractivity contribution in [1.82, 2.24) is 0 Å². The highest BCUT2D eigenvalue weighted by molar-refractivity contribution is 6.30. The number of nitrogens with zero attached hydrogens (tertiary/aromatic N) is 2. The Morgan fingerprint density at radius 3 is 1.41 bits per heavy atom. The Balaban J connectivity index is 2.16. The average molecular weight is 503 g/mol. The van der Waals surface area contributed by atoms with Gasteiger partial charge in [0.15, 0.2) is 0 Å². The molecule has 0 saturated heterocycles. The Kier molecular flexibility index (Phi) is 15.9. The van der Waals surface area contributed by atoms with Crippen molar-refractivity contribution in [3.63, 3.8) is 0 Å². The van der Waals surface area contributed by atoms with Crippen LogP contribution in [0.15, 0.2) is 46.4 Å². The fraction of sp³-hybridized carbons (Fsp3) is 0.600. The lowest BCUT2D eigenvalue weighted by molar-refractivity contribution is 0.693. The number of hydrogen-bond donors (Lipinski definition) is 0. The Labute approximate surface area is 229 Å². The van der Waals surface area contributed by atoms with Crippen molar-refractivity contribution in [3.8, 4) is 0 Å². The van der Waals surface area contributed by atoms with Crippen LogP contribution in [-0.4, -0.2) is 11.9 Å². The summed E-state index contributed by atoms with van der Waals surface area (Å²) >= 11 is 0. The number of benzene rings is 2. The van der Waals surface area contributed by atoms with Crippen molar-refractivity contribution in [2.24, 2.45) is 9.98 Å². The van der Waals surface area contributed by atoms with Crippen LogP contribution in [0.25, 0.3) is 0 Å². The summed E-state index contributed by atoms with van der Waals surface area (Å²) in [5.41, 5.74) is 9.08. The van der Waals surface area contributed by atoms with Crippen molar-refractivity contribution in [1.29, 1.82) is 0 Å². The van der Waals surface area contributed by atoms with E-state index >= 15 is 0 Å². The third kappa shape index (κ3) is 12.2. The van der Waals surface area contributed by atoms with Gasteiger partial charge in [-0.1, -0.05) is 91.2 Å². The topological polar surface area (TPSA) is 24.7 Å². The predicted molar refractivity (Wildman–Crippen MR) is 167 cm³/mol. The summed E-state index contributed by atoms with van der Waals surface area (Å²) < 4.78 is 0. The molecule has 0 aliphatic heterocycles. The second-order valence-corrected chi connectivity index (χ2v) is 10.7. The SMILES string of the molecule is CCCCCc1ccc(N=CC(C)=Nc2ccc(CCCCC)c(CCCCC)c2)cc1CCCCC. The van der Waals surface area contributed by atoms with Gasteiger partial charge in [0, 0.05) is 6.21 Å². The summed E-state index contributed by atoms with van der Waals surface area (Å²) in [5, 5.41) is 0. The third-order valence-electron chi connectivity index (χ3n) is 7.28. The molecule has 0 fully saturated rings. The normalized spacial score (nSPS) is 12.1. The van der Waals surface area contributed by atoms with Crippen molar-refractivity contribution in [3.05, 3.63) is 58.7 Å². The molecule has 0 aromatic heterocycles. The molecule has 2 aromatic carbocycles. The van der Waals surface area contributed by atoms with Crippen LogP contribution in [-0.2, 0) is 25.7 Å². The highest BCUT2D eigenvalue weighted by Crippen LogP contribution is 2.24. The minimum atomic E-state index is 0.956. The maximum absolute atomic E-state index is 4.92. The van der Waals surface area contributed by atoms with Crippen molar-refractivity contribution < 1.29 is 0 Å². The van der Waals surface area contributed by atoms with Gasteiger partial charge in [-0.05, 0) is 105 Å². The Bertz CT molecular complexity index is 954. The highest BCUT2D eigenvalue weighted by Gasteiger charge is 2.06. The fourth-order valence-corrected chi connectivity index (χ4v) is 4.99. The molecule has 37 heavy (non-hydrogen) atoms. The number of aryl methyl sites for hydroxylation is 4. The Morgan fingerprint density at radius 2 is 0.946 bits per heavy atom. The van der Waals surface area contributed by atoms with Gasteiger partial charge in [0.05, 0.1) is 17.1 Å². The number of hydrogen-bond acceptors (Lipinski definition) is 2. The first kappa shape index (κ1) is 31.0. The molecule has 0 aliphatic rings. The molecule has 0 radical (unpaired) electrons. The molecule has 2 heteroatoms. The smallest absolute Gasteiger partial charge is 0.0636 e. The van der Waals surface area contributed by atoms with Crippen LogP contribution in [0.3, 0.4) is 0 Å². The van der Waals surface area contributed by atoms with E-state index in [0.717, 1.165) is 29.9 Å². The fourth-order valence-electron chi connectivity index (χ4n) is 4.99. The monoisotopic (exact) mass is 502 g/mol. The number of rotatable bonds is 19. The van der Waals surface area contributed by atoms with Crippen molar-refractivity contribution in [2.75, 3.05) is 0 Å². The standard InChI is InChI=1S/C35H54N2/c1-6-10-14-18-30-22-24-34(26-32(30)20-16-12-8-3)36-28-29(5)37-35-25-23-31(19-15-11-7-2)33(27-35)21-17-13-9-4/h22-28H,6-21H2,1-5H3. The molecule has 0 heterocycles. The first-order chi connectivity index (χ1) is 18.1. The van der Waals surface area contributed by atoms with Crippen LogP contribution in [0, 0.1) is 0 Å². The molecule has 2 nitrogen and oxygen atoms in total. The van der Waals surface area contributed by atoms with Crippen LogP contribution >= 0.6 is 0 Å². The van der Waals surface area contributed by atoms with Gasteiger partial charge in [0.25, 0.3) is 0 Å². The zero-order chi connectivity index (χ0) is 26.7. The zero-order valence-electron chi connectivity index (χ0n) is 24.7. The summed E-state index contributed by atoms with van der Waals surface area (Å²) in [4.78, 5) is 9.74. The minimum absolute atomic E-state index is 0.956. The molecular formula is C35H54N2. The van der Waals surface area contributed by atoms with E-state index in [2.05, 4.69) is 71.0 Å². The molecule has 0 spiro atoms. The van der Waals surface area contributed by atoms with E-state index in [1.807, 2.05) is 6.21 Å². The highest BCUT2D eigenvalue weighted by atomic mass is 14.8. The van der Waals surface area contributed by atoms with E-state index < -0.39 is 0 Å². The first-order valence-electron chi connectivity index (χ1n) is 15.4. The molecule has 0 saturated carbocycles. The molecule has 0 unspecified atom stereocenters. The summed E-state index contributed by atoms with van der Waals surface area (Å²) in [6.45, 7) is 11.2. The van der Waals surface area contributed by atoms with E-state index in [4.69, 9.17) is 9.98 Å². The maximum atomic E-state index is 4.92. The molecule has 204 valence electrons. The lowest BCUT2D eigenvalue weighted by Crippen LogP contribution is -1.97. The maximum Gasteiger partial charge on any atom is 0.0636 e. The van der Waals surface area contributed by atoms with Crippen LogP contribution in [0.2, 0.25) is 0 Å². The molecule has 0 atom stereocenters. The molecule has 2 rings (SSSR count). The first-order valence-corrected chi connectivity index (χ1v) is 15.4. The second kappa shape index (κ2) is 18.9. The zero-order valence-corrected chi connectivity index (χ0v) is 24.7. The van der Waals surface area contributed by atoms with E-state index in [9.17, 15) is 0 Å². The van der Waals surface area contributed by atoms with Crippen LogP contribution in [0.1, 0.15) is 134 Å². The van der Waals surface area contributed by atoms with Gasteiger partial charge in [-0.2, -0.15) is 0 Å². The van der Waals surface area contributed by atoms with Crippen LogP contribution in [0.5, 0.6) is 0 Å². The third-order valence-corrected chi connectivity index (χ3v) is 7.28. The molecule has 0 N–H and O–H groups in total. The van der Waals surface area contributed by atoms with Gasteiger partial charge in [0.1, 0.15) is 0 Å². The van der Waals surface area contributed by atoms with Crippen LogP contribution < -0.4 is 0 Å². The Morgan fingerprint density at radius 1 is 0.541 bits per heavy atom. The second-order valence-electron chi connectivity index (χ2n) is 10.7. The Hall–Kier alpha value is -2.22. The molecule has 0 aliphatic carbocycles. The quantitative estimate of drug-likeness (QED) is 0.135. The number of aliphatic imine (C=N–C) groups is 2.